The molecular formula is C39H54N3O7S-. The van der Waals surface area contributed by atoms with Gasteiger partial charge in [-0.1, -0.05) is 50.2 Å². The fourth-order valence-electron chi connectivity index (χ4n) is 7.77. The normalized spacial score (nSPS) is 21.3. The van der Waals surface area contributed by atoms with Crippen molar-refractivity contribution < 1.29 is 27.4 Å². The van der Waals surface area contributed by atoms with Crippen LogP contribution in [0.25, 0.3) is 0 Å². The molecule has 5 rings (SSSR count). The third kappa shape index (κ3) is 7.21. The van der Waals surface area contributed by atoms with Crippen LogP contribution >= 0.6 is 0 Å². The molecule has 1 saturated heterocycles. The Bertz CT molecular complexity index is 1670. The summed E-state index contributed by atoms with van der Waals surface area (Å²) in [5.41, 5.74) is 2.09. The molecule has 0 spiro atoms. The molecule has 0 amide bonds. The van der Waals surface area contributed by atoms with Gasteiger partial charge in [-0.3, -0.25) is 0 Å². The van der Waals surface area contributed by atoms with Crippen LogP contribution < -0.4 is 18.9 Å². The Morgan fingerprint density at radius 1 is 0.920 bits per heavy atom. The van der Waals surface area contributed by atoms with Gasteiger partial charge in [0.2, 0.25) is 15.6 Å². The number of piperidine rings is 1. The van der Waals surface area contributed by atoms with E-state index in [4.69, 9.17) is 18.9 Å². The van der Waals surface area contributed by atoms with E-state index in [9.17, 15) is 13.6 Å². The Hall–Kier alpha value is -3.35. The number of likely N-dealkylation sites (N-methyl/N-ethyl adjacent to an activating group) is 1. The molecule has 3 aromatic carbocycles. The second-order valence-corrected chi connectivity index (χ2v) is 15.9. The number of hydrogen-bond donors (Lipinski definition) is 0. The van der Waals surface area contributed by atoms with E-state index >= 15 is 0 Å². The van der Waals surface area contributed by atoms with Crippen molar-refractivity contribution in [1.82, 2.24) is 14.9 Å². The molecule has 2 unspecified atom stereocenters. The summed E-state index contributed by atoms with van der Waals surface area (Å²) < 4.78 is 51.5. The Kier molecular flexibility index (Phi) is 12.4. The van der Waals surface area contributed by atoms with Crippen LogP contribution in [-0.2, 0) is 21.1 Å². The number of nitrogens with zero attached hydrogens (tertiary/aromatic N) is 3. The number of likely N-dealkylation sites (tertiary alicyclic amines) is 1. The van der Waals surface area contributed by atoms with Crippen LogP contribution in [0, 0.1) is 11.1 Å². The summed E-state index contributed by atoms with van der Waals surface area (Å²) in [6.07, 6.45) is 4.92. The van der Waals surface area contributed by atoms with E-state index in [-0.39, 0.29) is 4.90 Å². The molecule has 50 heavy (non-hydrogen) atoms. The van der Waals surface area contributed by atoms with E-state index in [1.54, 1.807) is 84.6 Å². The summed E-state index contributed by atoms with van der Waals surface area (Å²) in [5, 5.41) is 14.9. The van der Waals surface area contributed by atoms with E-state index in [1.165, 1.54) is 0 Å². The van der Waals surface area contributed by atoms with E-state index in [0.717, 1.165) is 68.9 Å². The Balaban J connectivity index is 1.13. The molecule has 2 aliphatic rings. The van der Waals surface area contributed by atoms with Gasteiger partial charge in [-0.15, -0.1) is 0 Å². The number of methoxy groups -OCH3 is 3. The molecule has 3 aromatic rings. The fraction of sp³-hybridized carbons (Fsp3) is 0.538. The van der Waals surface area contributed by atoms with Crippen LogP contribution in [-0.4, -0.2) is 90.5 Å². The average Bonchev–Trinajstić information content (AvgIpc) is 3.13. The summed E-state index contributed by atoms with van der Waals surface area (Å²) in [6, 6.07) is 18.0. The smallest absolute Gasteiger partial charge is 0.203 e. The van der Waals surface area contributed by atoms with Gasteiger partial charge in [-0.05, 0) is 107 Å². The minimum absolute atomic E-state index is 0.219. The molecule has 0 aromatic heterocycles. The van der Waals surface area contributed by atoms with E-state index < -0.39 is 26.7 Å². The number of sulfone groups is 1. The number of ether oxygens (including phenoxy) is 4. The van der Waals surface area contributed by atoms with Crippen LogP contribution in [0.5, 0.6) is 23.0 Å². The van der Waals surface area contributed by atoms with Gasteiger partial charge in [-0.2, -0.15) is 0 Å². The first kappa shape index (κ1) is 37.9. The second kappa shape index (κ2) is 16.3. The first-order valence-electron chi connectivity index (χ1n) is 17.7. The molecule has 10 nitrogen and oxygen atoms in total. The van der Waals surface area contributed by atoms with E-state index in [2.05, 4.69) is 16.8 Å². The fourth-order valence-corrected chi connectivity index (χ4v) is 10.4. The molecule has 2 aliphatic heterocycles. The highest BCUT2D eigenvalue weighted by Crippen LogP contribution is 2.54. The maximum Gasteiger partial charge on any atom is 0.203 e. The lowest BCUT2D eigenvalue weighted by Gasteiger charge is -2.56. The Morgan fingerprint density at radius 3 is 2.20 bits per heavy atom. The summed E-state index contributed by atoms with van der Waals surface area (Å²) in [7, 11) is 3.03. The summed E-state index contributed by atoms with van der Waals surface area (Å²) >= 11 is 0. The zero-order valence-electron chi connectivity index (χ0n) is 30.7. The molecular weight excluding hydrogens is 655 g/mol. The predicted octanol–water partition coefficient (Wildman–Crippen LogP) is 6.67. The Morgan fingerprint density at radius 2 is 1.56 bits per heavy atom. The number of hydroxylamine groups is 2. The van der Waals surface area contributed by atoms with Gasteiger partial charge in [0.25, 0.3) is 0 Å². The maximum absolute atomic E-state index is 14.3. The van der Waals surface area contributed by atoms with Crippen molar-refractivity contribution in [2.24, 2.45) is 5.92 Å². The quantitative estimate of drug-likeness (QED) is 0.159. The molecule has 0 aliphatic carbocycles. The van der Waals surface area contributed by atoms with Crippen molar-refractivity contribution in [2.75, 3.05) is 61.2 Å². The highest BCUT2D eigenvalue weighted by Gasteiger charge is 2.56. The minimum Gasteiger partial charge on any atom is -0.783 e. The van der Waals surface area contributed by atoms with Gasteiger partial charge in [0.05, 0.1) is 32.8 Å². The molecule has 2 atom stereocenters. The lowest BCUT2D eigenvalue weighted by molar-refractivity contribution is 0.115. The number of rotatable bonds is 15. The van der Waals surface area contributed by atoms with Gasteiger partial charge >= 0.3 is 0 Å². The van der Waals surface area contributed by atoms with Gasteiger partial charge in [0, 0.05) is 24.2 Å². The van der Waals surface area contributed by atoms with Crippen LogP contribution in [0.1, 0.15) is 69.2 Å². The summed E-state index contributed by atoms with van der Waals surface area (Å²) in [4.78, 5) is 3.40. The van der Waals surface area contributed by atoms with Crippen molar-refractivity contribution in [3.8, 4) is 23.0 Å². The summed E-state index contributed by atoms with van der Waals surface area (Å²) in [5.74, 6) is 1.90. The minimum atomic E-state index is -4.08. The van der Waals surface area contributed by atoms with Crippen LogP contribution in [0.2, 0.25) is 0 Å². The molecule has 0 N–H and O–H groups in total. The van der Waals surface area contributed by atoms with Crippen molar-refractivity contribution in [3.63, 3.8) is 0 Å². The van der Waals surface area contributed by atoms with Gasteiger partial charge in [0.15, 0.2) is 11.5 Å². The number of benzene rings is 3. The number of unbranched alkanes of at least 4 members (excludes halogenated alkanes) is 1. The van der Waals surface area contributed by atoms with Gasteiger partial charge in [-0.25, -0.2) is 8.42 Å². The van der Waals surface area contributed by atoms with E-state index in [0.29, 0.717) is 46.8 Å². The molecule has 1 fully saturated rings. The highest BCUT2D eigenvalue weighted by molar-refractivity contribution is 7.92. The number of hydrogen-bond acceptors (Lipinski definition) is 10. The van der Waals surface area contributed by atoms with Crippen molar-refractivity contribution >= 4 is 9.84 Å². The molecule has 0 radical (unpaired) electrons. The molecule has 274 valence electrons. The van der Waals surface area contributed by atoms with Crippen molar-refractivity contribution in [2.45, 2.75) is 74.7 Å². The van der Waals surface area contributed by atoms with Gasteiger partial charge < -0.3 is 39.0 Å². The number of fused-ring (bicyclic) bond motifs is 1. The van der Waals surface area contributed by atoms with Gasteiger partial charge in [0.1, 0.15) is 10.6 Å². The first-order valence-corrected chi connectivity index (χ1v) is 19.2. The molecule has 0 saturated carbocycles. The highest BCUT2D eigenvalue weighted by atomic mass is 32.2. The second-order valence-electron chi connectivity index (χ2n) is 13.8. The Labute approximate surface area is 298 Å². The third-order valence-electron chi connectivity index (χ3n) is 10.6. The van der Waals surface area contributed by atoms with Crippen LogP contribution in [0.15, 0.2) is 65.6 Å². The average molecular weight is 709 g/mol. The number of para-hydroxylation sites is 1. The topological polar surface area (TPSA) is 104 Å². The zero-order valence-corrected chi connectivity index (χ0v) is 31.5. The molecule has 0 bridgehead atoms. The lowest BCUT2D eigenvalue weighted by atomic mass is 9.91. The van der Waals surface area contributed by atoms with Crippen LogP contribution in [0.3, 0.4) is 0 Å². The first-order chi connectivity index (χ1) is 24.0. The SMILES string of the molecule is COc1cc(CCN(C)C2CCN(CCCCOc3ccccc3C3(C(C)C)N([O-])C(C)c4ccccc4S3(=O)=O)CC2)cc(OC)c1OC. The van der Waals surface area contributed by atoms with Crippen LogP contribution in [0.4, 0.5) is 0 Å². The van der Waals surface area contributed by atoms with Crippen molar-refractivity contribution in [1.29, 1.82) is 0 Å². The van der Waals surface area contributed by atoms with E-state index in [1.807, 2.05) is 18.2 Å². The largest absolute Gasteiger partial charge is 0.783 e. The molecule has 11 heteroatoms. The zero-order chi connectivity index (χ0) is 36.1. The van der Waals surface area contributed by atoms with Crippen molar-refractivity contribution in [3.05, 3.63) is 82.6 Å². The maximum atomic E-state index is 14.3. The third-order valence-corrected chi connectivity index (χ3v) is 13.2. The summed E-state index contributed by atoms with van der Waals surface area (Å²) in [6.45, 7) is 9.85. The lowest BCUT2D eigenvalue weighted by Crippen LogP contribution is -2.56. The predicted molar refractivity (Wildman–Crippen MR) is 197 cm³/mol. The standard InChI is InChI=1S/C39H54N3O7S/c1-28(2)39(42(43)29(3)32-14-8-11-17-37(32)50(39,44)45)33-15-9-10-16-34(33)49-25-13-12-21-41-23-19-31(20-24-41)40(4)22-18-30-26-35(46-5)38(48-7)36(27-30)47-6/h8-11,14-17,26-29,31H,12-13,18-25H2,1-7H3/q-1. The molecule has 2 heterocycles. The monoisotopic (exact) mass is 708 g/mol.